The SMILES string of the molecule is CC(C)(C)OC(=O)[C@@H]1CCCc2nn(Cc3cc(C(F)(F)F)n(Cc4ccccc4)n3)c(=O)n21. The van der Waals surface area contributed by atoms with Gasteiger partial charge in [-0.3, -0.25) is 9.25 Å². The Bertz CT molecular complexity index is 1240. The minimum absolute atomic E-state index is 0.0506. The van der Waals surface area contributed by atoms with E-state index in [0.29, 0.717) is 30.7 Å². The summed E-state index contributed by atoms with van der Waals surface area (Å²) in [5, 5.41) is 8.40. The molecule has 2 aromatic heterocycles. The van der Waals surface area contributed by atoms with E-state index in [1.165, 1.54) is 4.57 Å². The van der Waals surface area contributed by atoms with Gasteiger partial charge < -0.3 is 4.74 Å². The van der Waals surface area contributed by atoms with Crippen LogP contribution in [0.25, 0.3) is 0 Å². The Kier molecular flexibility index (Phi) is 6.13. The third-order valence-electron chi connectivity index (χ3n) is 5.42. The molecular formula is C23H26F3N5O3. The number of hydrogen-bond acceptors (Lipinski definition) is 5. The van der Waals surface area contributed by atoms with Gasteiger partial charge in [0.15, 0.2) is 0 Å². The topological polar surface area (TPSA) is 83.9 Å². The highest BCUT2D eigenvalue weighted by Crippen LogP contribution is 2.31. The zero-order valence-electron chi connectivity index (χ0n) is 19.2. The lowest BCUT2D eigenvalue weighted by Crippen LogP contribution is -2.38. The van der Waals surface area contributed by atoms with E-state index in [1.807, 2.05) is 0 Å². The Labute approximate surface area is 193 Å². The van der Waals surface area contributed by atoms with Crippen molar-refractivity contribution in [2.45, 2.75) is 70.9 Å². The fourth-order valence-corrected chi connectivity index (χ4v) is 4.03. The molecule has 0 aliphatic carbocycles. The average molecular weight is 477 g/mol. The van der Waals surface area contributed by atoms with Crippen LogP contribution in [-0.2, 0) is 35.2 Å². The van der Waals surface area contributed by atoms with E-state index in [4.69, 9.17) is 4.74 Å². The van der Waals surface area contributed by atoms with Crippen molar-refractivity contribution in [2.24, 2.45) is 0 Å². The highest BCUT2D eigenvalue weighted by atomic mass is 19.4. The van der Waals surface area contributed by atoms with E-state index in [-0.39, 0.29) is 18.8 Å². The van der Waals surface area contributed by atoms with Crippen molar-refractivity contribution < 1.29 is 22.7 Å². The number of esters is 1. The summed E-state index contributed by atoms with van der Waals surface area (Å²) in [5.74, 6) is -0.117. The Hall–Kier alpha value is -3.37. The van der Waals surface area contributed by atoms with Crippen LogP contribution in [-0.4, -0.2) is 35.7 Å². The predicted octanol–water partition coefficient (Wildman–Crippen LogP) is 3.58. The lowest BCUT2D eigenvalue weighted by atomic mass is 10.0. The van der Waals surface area contributed by atoms with Crippen molar-refractivity contribution in [1.29, 1.82) is 0 Å². The van der Waals surface area contributed by atoms with Gasteiger partial charge in [0.2, 0.25) is 0 Å². The monoisotopic (exact) mass is 477 g/mol. The quantitative estimate of drug-likeness (QED) is 0.525. The van der Waals surface area contributed by atoms with Gasteiger partial charge in [0.1, 0.15) is 23.2 Å². The van der Waals surface area contributed by atoms with Crippen molar-refractivity contribution >= 4 is 5.97 Å². The van der Waals surface area contributed by atoms with E-state index in [1.54, 1.807) is 51.1 Å². The Morgan fingerprint density at radius 1 is 1.09 bits per heavy atom. The third-order valence-corrected chi connectivity index (χ3v) is 5.42. The number of halogens is 3. The second-order valence-corrected chi connectivity index (χ2v) is 9.33. The minimum Gasteiger partial charge on any atom is -0.458 e. The summed E-state index contributed by atoms with van der Waals surface area (Å²) in [4.78, 5) is 25.7. The summed E-state index contributed by atoms with van der Waals surface area (Å²) in [7, 11) is 0. The molecule has 0 N–H and O–H groups in total. The maximum Gasteiger partial charge on any atom is 0.433 e. The van der Waals surface area contributed by atoms with Gasteiger partial charge in [0.05, 0.1) is 18.8 Å². The highest BCUT2D eigenvalue weighted by Gasteiger charge is 2.37. The molecule has 1 atom stereocenters. The van der Waals surface area contributed by atoms with Gasteiger partial charge in [-0.05, 0) is 45.2 Å². The molecule has 0 bridgehead atoms. The number of alkyl halides is 3. The van der Waals surface area contributed by atoms with Crippen molar-refractivity contribution in [1.82, 2.24) is 24.1 Å². The number of carbonyl (C=O) groups excluding carboxylic acids is 1. The molecule has 0 amide bonds. The number of fused-ring (bicyclic) bond motifs is 1. The number of hydrogen-bond donors (Lipinski definition) is 0. The Morgan fingerprint density at radius 3 is 2.44 bits per heavy atom. The number of carbonyl (C=O) groups is 1. The molecule has 0 radical (unpaired) electrons. The van der Waals surface area contributed by atoms with Crippen LogP contribution in [0, 0.1) is 0 Å². The Morgan fingerprint density at radius 2 is 1.79 bits per heavy atom. The molecule has 3 heterocycles. The standard InChI is InChI=1S/C23H26F3N5O3/c1-22(2,3)34-20(32)17-10-7-11-19-28-30(21(33)31(17)19)14-16-12-18(23(24,25)26)29(27-16)13-15-8-5-4-6-9-15/h4-6,8-9,12,17H,7,10-11,13-14H2,1-3H3/t17-/m0/s1. The van der Waals surface area contributed by atoms with E-state index < -0.39 is 35.2 Å². The fraction of sp³-hybridized carbons (Fsp3) is 0.478. The molecule has 11 heteroatoms. The van der Waals surface area contributed by atoms with E-state index in [0.717, 1.165) is 15.4 Å². The van der Waals surface area contributed by atoms with Crippen LogP contribution in [0.1, 0.15) is 62.4 Å². The van der Waals surface area contributed by atoms with Gasteiger partial charge in [0, 0.05) is 6.42 Å². The fourth-order valence-electron chi connectivity index (χ4n) is 4.03. The van der Waals surface area contributed by atoms with Crippen molar-refractivity contribution in [3.63, 3.8) is 0 Å². The van der Waals surface area contributed by atoms with Crippen LogP contribution in [0.4, 0.5) is 13.2 Å². The number of nitrogens with zero attached hydrogens (tertiary/aromatic N) is 5. The third kappa shape index (κ3) is 5.07. The molecule has 0 unspecified atom stereocenters. The minimum atomic E-state index is -4.61. The number of aryl methyl sites for hydroxylation is 1. The number of benzene rings is 1. The number of ether oxygens (including phenoxy) is 1. The van der Waals surface area contributed by atoms with Crippen LogP contribution in [0.15, 0.2) is 41.2 Å². The second kappa shape index (κ2) is 8.77. The smallest absolute Gasteiger partial charge is 0.433 e. The number of rotatable bonds is 5. The molecule has 34 heavy (non-hydrogen) atoms. The van der Waals surface area contributed by atoms with Gasteiger partial charge in [-0.25, -0.2) is 14.3 Å². The summed E-state index contributed by atoms with van der Waals surface area (Å²) >= 11 is 0. The first-order chi connectivity index (χ1) is 15.9. The molecule has 8 nitrogen and oxygen atoms in total. The average Bonchev–Trinajstić information content (AvgIpc) is 3.28. The summed E-state index contributed by atoms with van der Waals surface area (Å²) < 4.78 is 49.6. The van der Waals surface area contributed by atoms with E-state index in [2.05, 4.69) is 10.2 Å². The van der Waals surface area contributed by atoms with Crippen LogP contribution in [0.2, 0.25) is 0 Å². The molecule has 4 rings (SSSR count). The molecule has 0 spiro atoms. The molecule has 182 valence electrons. The zero-order chi connectivity index (χ0) is 24.7. The van der Waals surface area contributed by atoms with Crippen molar-refractivity contribution in [3.8, 4) is 0 Å². The maximum absolute atomic E-state index is 13.6. The first kappa shape index (κ1) is 23.8. The first-order valence-corrected chi connectivity index (χ1v) is 11.0. The normalized spacial score (nSPS) is 16.4. The van der Waals surface area contributed by atoms with Gasteiger partial charge in [-0.2, -0.15) is 23.4 Å². The molecule has 3 aromatic rings. The maximum atomic E-state index is 13.6. The predicted molar refractivity (Wildman–Crippen MR) is 116 cm³/mol. The molecule has 0 saturated heterocycles. The van der Waals surface area contributed by atoms with Crippen molar-refractivity contribution in [3.05, 3.63) is 69.7 Å². The van der Waals surface area contributed by atoms with Crippen LogP contribution < -0.4 is 5.69 Å². The molecular weight excluding hydrogens is 451 g/mol. The molecule has 1 aromatic carbocycles. The van der Waals surface area contributed by atoms with Crippen LogP contribution in [0.5, 0.6) is 0 Å². The number of aromatic nitrogens is 5. The zero-order valence-corrected chi connectivity index (χ0v) is 19.2. The molecule has 1 aliphatic heterocycles. The molecule has 1 aliphatic rings. The summed E-state index contributed by atoms with van der Waals surface area (Å²) in [6.07, 6.45) is -3.06. The first-order valence-electron chi connectivity index (χ1n) is 11.0. The molecule has 0 fully saturated rings. The lowest BCUT2D eigenvalue weighted by Gasteiger charge is -2.26. The largest absolute Gasteiger partial charge is 0.458 e. The second-order valence-electron chi connectivity index (χ2n) is 9.33. The molecule has 0 saturated carbocycles. The van der Waals surface area contributed by atoms with Gasteiger partial charge in [0.25, 0.3) is 0 Å². The van der Waals surface area contributed by atoms with E-state index in [9.17, 15) is 22.8 Å². The summed E-state index contributed by atoms with van der Waals surface area (Å²) in [6, 6.07) is 8.80. The lowest BCUT2D eigenvalue weighted by molar-refractivity contribution is -0.159. The van der Waals surface area contributed by atoms with E-state index >= 15 is 0 Å². The van der Waals surface area contributed by atoms with Crippen LogP contribution in [0.3, 0.4) is 0 Å². The van der Waals surface area contributed by atoms with Crippen molar-refractivity contribution in [2.75, 3.05) is 0 Å². The summed E-state index contributed by atoms with van der Waals surface area (Å²) in [6.45, 7) is 4.91. The van der Waals surface area contributed by atoms with Gasteiger partial charge >= 0.3 is 17.8 Å². The summed E-state index contributed by atoms with van der Waals surface area (Å²) in [5.41, 5.74) is -1.48. The van der Waals surface area contributed by atoms with Gasteiger partial charge in [-0.1, -0.05) is 30.3 Å². The van der Waals surface area contributed by atoms with Crippen LogP contribution >= 0.6 is 0 Å². The Balaban J connectivity index is 1.64. The van der Waals surface area contributed by atoms with Gasteiger partial charge in [-0.15, -0.1) is 0 Å². The highest BCUT2D eigenvalue weighted by molar-refractivity contribution is 5.74.